The van der Waals surface area contributed by atoms with Crippen LogP contribution in [-0.2, 0) is 28.6 Å². The molecular weight excluding hydrogens is 715 g/mol. The van der Waals surface area contributed by atoms with Crippen molar-refractivity contribution in [2.75, 3.05) is 41.0 Å². The molecule has 2 atom stereocenters. The molecule has 0 amide bonds. The third-order valence-electron chi connectivity index (χ3n) is 10.8. The van der Waals surface area contributed by atoms with E-state index in [4.69, 9.17) is 14.2 Å². The number of allylic oxidation sites excluding steroid dienone is 4. The molecule has 0 bridgehead atoms. The van der Waals surface area contributed by atoms with E-state index in [2.05, 4.69) is 38.2 Å². The molecular formula is C49H92NO7+. The van der Waals surface area contributed by atoms with Crippen molar-refractivity contribution in [3.63, 3.8) is 0 Å². The third kappa shape index (κ3) is 39.1. The number of unbranched alkanes of at least 4 members (excludes halogenated alkanes) is 25. The van der Waals surface area contributed by atoms with Gasteiger partial charge in [-0.25, -0.2) is 4.79 Å². The molecule has 0 saturated heterocycles. The molecule has 334 valence electrons. The van der Waals surface area contributed by atoms with Crippen LogP contribution in [0.1, 0.15) is 219 Å². The van der Waals surface area contributed by atoms with Gasteiger partial charge in [-0.2, -0.15) is 0 Å². The molecule has 2 unspecified atom stereocenters. The maximum Gasteiger partial charge on any atom is 0.362 e. The average Bonchev–Trinajstić information content (AvgIpc) is 3.17. The highest BCUT2D eigenvalue weighted by atomic mass is 16.6. The second-order valence-corrected chi connectivity index (χ2v) is 17.4. The molecule has 0 radical (unpaired) electrons. The van der Waals surface area contributed by atoms with Crippen molar-refractivity contribution in [1.82, 2.24) is 0 Å². The van der Waals surface area contributed by atoms with Gasteiger partial charge in [-0.15, -0.1) is 0 Å². The van der Waals surface area contributed by atoms with Crippen molar-refractivity contribution < 1.29 is 38.2 Å². The lowest BCUT2D eigenvalue weighted by atomic mass is 10.1. The summed E-state index contributed by atoms with van der Waals surface area (Å²) in [5.74, 6) is -1.47. The van der Waals surface area contributed by atoms with Crippen molar-refractivity contribution in [2.45, 2.75) is 231 Å². The molecule has 0 saturated carbocycles. The van der Waals surface area contributed by atoms with E-state index in [0.29, 0.717) is 19.3 Å². The minimum absolute atomic E-state index is 0.0539. The van der Waals surface area contributed by atoms with Gasteiger partial charge in [-0.3, -0.25) is 9.59 Å². The fourth-order valence-corrected chi connectivity index (χ4v) is 7.08. The summed E-state index contributed by atoms with van der Waals surface area (Å²) < 4.78 is 17.3. The van der Waals surface area contributed by atoms with Crippen LogP contribution in [0.25, 0.3) is 0 Å². The molecule has 0 aliphatic heterocycles. The van der Waals surface area contributed by atoms with Gasteiger partial charge in [0.25, 0.3) is 0 Å². The van der Waals surface area contributed by atoms with Gasteiger partial charge in [0.1, 0.15) is 6.61 Å². The standard InChI is InChI=1S/C49H91NO7/c1-6-8-10-12-14-16-18-20-22-24-26-28-30-32-34-36-38-40-48(52)57-45(43-55-42-41-46(49(53)54)50(3,4)5)44-56-47(51)39-37-35-33-31-29-27-25-23-21-19-17-15-13-11-9-7-2/h20,22-23,25,45-46H,6-19,21,24,26-44H2,1-5H3/p+1/b22-20-,25-23-. The van der Waals surface area contributed by atoms with Gasteiger partial charge in [0, 0.05) is 19.3 Å². The quantitative estimate of drug-likeness (QED) is 0.0283. The maximum absolute atomic E-state index is 12.7. The summed E-state index contributed by atoms with van der Waals surface area (Å²) in [5, 5.41) is 9.63. The lowest BCUT2D eigenvalue weighted by Gasteiger charge is -2.31. The van der Waals surface area contributed by atoms with Crippen LogP contribution in [0.2, 0.25) is 0 Å². The molecule has 0 spiro atoms. The van der Waals surface area contributed by atoms with Crippen LogP contribution in [0.15, 0.2) is 24.3 Å². The first-order chi connectivity index (χ1) is 27.6. The number of carbonyl (C=O) groups excluding carboxylic acids is 2. The average molecular weight is 807 g/mol. The Morgan fingerprint density at radius 3 is 1.26 bits per heavy atom. The number of hydrogen-bond acceptors (Lipinski definition) is 6. The van der Waals surface area contributed by atoms with E-state index in [0.717, 1.165) is 44.9 Å². The van der Waals surface area contributed by atoms with Crippen LogP contribution in [-0.4, -0.2) is 80.6 Å². The zero-order chi connectivity index (χ0) is 42.1. The molecule has 8 nitrogen and oxygen atoms in total. The molecule has 0 rings (SSSR count). The van der Waals surface area contributed by atoms with Crippen LogP contribution in [0.3, 0.4) is 0 Å². The first-order valence-electron chi connectivity index (χ1n) is 23.9. The van der Waals surface area contributed by atoms with Gasteiger partial charge < -0.3 is 23.8 Å². The molecule has 0 aliphatic rings. The Hall–Kier alpha value is -2.19. The molecule has 0 heterocycles. The Morgan fingerprint density at radius 1 is 0.509 bits per heavy atom. The van der Waals surface area contributed by atoms with Crippen LogP contribution in [0, 0.1) is 0 Å². The van der Waals surface area contributed by atoms with Gasteiger partial charge in [0.2, 0.25) is 0 Å². The molecule has 0 aliphatic carbocycles. The first kappa shape index (κ1) is 54.8. The van der Waals surface area contributed by atoms with Crippen LogP contribution in [0.5, 0.6) is 0 Å². The van der Waals surface area contributed by atoms with Crippen molar-refractivity contribution in [3.05, 3.63) is 24.3 Å². The van der Waals surface area contributed by atoms with Crippen molar-refractivity contribution in [2.24, 2.45) is 0 Å². The second kappa shape index (κ2) is 40.6. The summed E-state index contributed by atoms with van der Waals surface area (Å²) in [6, 6.07) is -0.614. The number of rotatable bonds is 43. The summed E-state index contributed by atoms with van der Waals surface area (Å²) in [6.07, 6.45) is 45.0. The molecule has 1 N–H and O–H groups in total. The van der Waals surface area contributed by atoms with Crippen molar-refractivity contribution in [1.29, 1.82) is 0 Å². The normalized spacial score (nSPS) is 13.1. The maximum atomic E-state index is 12.7. The second-order valence-electron chi connectivity index (χ2n) is 17.4. The number of hydrogen-bond donors (Lipinski definition) is 1. The van der Waals surface area contributed by atoms with E-state index < -0.39 is 18.1 Å². The van der Waals surface area contributed by atoms with Crippen LogP contribution in [0.4, 0.5) is 0 Å². The summed E-state index contributed by atoms with van der Waals surface area (Å²) >= 11 is 0. The Morgan fingerprint density at radius 2 is 0.877 bits per heavy atom. The van der Waals surface area contributed by atoms with Crippen molar-refractivity contribution >= 4 is 17.9 Å². The van der Waals surface area contributed by atoms with Crippen LogP contribution < -0.4 is 0 Å². The lowest BCUT2D eigenvalue weighted by Crippen LogP contribution is -2.50. The number of carbonyl (C=O) groups is 3. The molecule has 0 aromatic heterocycles. The monoisotopic (exact) mass is 807 g/mol. The number of nitrogens with zero attached hydrogens (tertiary/aromatic N) is 1. The predicted octanol–water partition coefficient (Wildman–Crippen LogP) is 13.3. The van der Waals surface area contributed by atoms with E-state index >= 15 is 0 Å². The largest absolute Gasteiger partial charge is 0.477 e. The Labute approximate surface area is 351 Å². The zero-order valence-corrected chi connectivity index (χ0v) is 38.1. The summed E-state index contributed by atoms with van der Waals surface area (Å²) in [7, 11) is 5.53. The number of aliphatic carboxylic acids is 1. The minimum Gasteiger partial charge on any atom is -0.477 e. The number of carboxylic acids is 1. The number of likely N-dealkylation sites (N-methyl/N-ethyl adjacent to an activating group) is 1. The molecule has 0 fully saturated rings. The fraction of sp³-hybridized carbons (Fsp3) is 0.857. The van der Waals surface area contributed by atoms with E-state index in [1.165, 1.54) is 141 Å². The zero-order valence-electron chi connectivity index (χ0n) is 38.1. The highest BCUT2D eigenvalue weighted by Crippen LogP contribution is 2.15. The first-order valence-corrected chi connectivity index (χ1v) is 23.9. The Kier molecular flexibility index (Phi) is 39.0. The molecule has 0 aromatic carbocycles. The van der Waals surface area contributed by atoms with Crippen LogP contribution >= 0.6 is 0 Å². The SMILES string of the molecule is CCCCCCCC/C=C\CCCCCCCCCC(=O)OC(COCCC(C(=O)O)[N+](C)(C)C)COC(=O)CCCCCCC/C=C\CCCCCCCCC. The molecule has 57 heavy (non-hydrogen) atoms. The highest BCUT2D eigenvalue weighted by Gasteiger charge is 2.31. The Bertz CT molecular complexity index is 989. The summed E-state index contributed by atoms with van der Waals surface area (Å²) in [5.41, 5.74) is 0. The third-order valence-corrected chi connectivity index (χ3v) is 10.8. The van der Waals surface area contributed by atoms with Gasteiger partial charge in [-0.05, 0) is 64.2 Å². The van der Waals surface area contributed by atoms with Gasteiger partial charge >= 0.3 is 17.9 Å². The van der Waals surface area contributed by atoms with Gasteiger partial charge in [0.05, 0.1) is 34.4 Å². The summed E-state index contributed by atoms with van der Waals surface area (Å²) in [6.45, 7) is 4.74. The predicted molar refractivity (Wildman–Crippen MR) is 238 cm³/mol. The highest BCUT2D eigenvalue weighted by molar-refractivity contribution is 5.72. The fourth-order valence-electron chi connectivity index (χ4n) is 7.08. The van der Waals surface area contributed by atoms with E-state index in [-0.39, 0.29) is 36.2 Å². The smallest absolute Gasteiger partial charge is 0.362 e. The number of esters is 2. The number of ether oxygens (including phenoxy) is 3. The van der Waals surface area contributed by atoms with Gasteiger partial charge in [0.15, 0.2) is 12.1 Å². The molecule has 8 heteroatoms. The number of carboxylic acid groups (broad SMARTS) is 1. The number of quaternary nitrogens is 1. The molecule has 0 aromatic rings. The van der Waals surface area contributed by atoms with Crippen molar-refractivity contribution in [3.8, 4) is 0 Å². The Balaban J connectivity index is 4.30. The van der Waals surface area contributed by atoms with E-state index in [9.17, 15) is 19.5 Å². The summed E-state index contributed by atoms with van der Waals surface area (Å²) in [4.78, 5) is 37.0. The minimum atomic E-state index is -0.875. The topological polar surface area (TPSA) is 99.1 Å². The lowest BCUT2D eigenvalue weighted by molar-refractivity contribution is -0.887. The van der Waals surface area contributed by atoms with Gasteiger partial charge in [-0.1, -0.05) is 160 Å². The van der Waals surface area contributed by atoms with E-state index in [1.807, 2.05) is 21.1 Å². The van der Waals surface area contributed by atoms with E-state index in [1.54, 1.807) is 0 Å².